The molecule has 3 N–H and O–H groups in total. The van der Waals surface area contributed by atoms with Gasteiger partial charge in [0.05, 0.1) is 12.6 Å². The van der Waals surface area contributed by atoms with Crippen molar-refractivity contribution in [2.75, 3.05) is 6.54 Å². The number of alkyl halides is 3. The lowest BCUT2D eigenvalue weighted by molar-refractivity contribution is -0.176. The van der Waals surface area contributed by atoms with Crippen LogP contribution in [-0.4, -0.2) is 63.0 Å². The predicted octanol–water partition coefficient (Wildman–Crippen LogP) is 0.761. The maximum Gasteiger partial charge on any atom is 0.471 e. The fourth-order valence-electron chi connectivity index (χ4n) is 4.91. The Morgan fingerprint density at radius 3 is 2.37 bits per heavy atom. The van der Waals surface area contributed by atoms with Gasteiger partial charge in [-0.25, -0.2) is 4.79 Å². The standard InChI is InChI=1S/C22H29F3N6O4/c1-20(2,3)15(29-18(34)22(23,24)25)17(33)31-10-12-13(21(12,4)5)14(31)16(32)28-11(8-26)9-30-7-6-27-19(30)35/h6-7,11-15H,9-10H2,1-5H3,(H,27,35)(H,28,32)(H,29,34)/t11-,12+,13-,14+,15-/m1/s1. The van der Waals surface area contributed by atoms with Crippen LogP contribution in [0, 0.1) is 34.0 Å². The average Bonchev–Trinajstić information content (AvgIpc) is 3.10. The van der Waals surface area contributed by atoms with Gasteiger partial charge >= 0.3 is 17.8 Å². The van der Waals surface area contributed by atoms with E-state index in [1.54, 1.807) is 5.32 Å². The summed E-state index contributed by atoms with van der Waals surface area (Å²) in [6.45, 7) is 8.41. The van der Waals surface area contributed by atoms with Gasteiger partial charge < -0.3 is 20.5 Å². The van der Waals surface area contributed by atoms with Gasteiger partial charge in [0.25, 0.3) is 0 Å². The quantitative estimate of drug-likeness (QED) is 0.531. The van der Waals surface area contributed by atoms with E-state index < -0.39 is 53.1 Å². The molecule has 1 aliphatic heterocycles. The SMILES string of the molecule is CC(C)(C)[C@H](NC(=O)C(F)(F)F)C(=O)N1C[C@H]2[C@H]([C@H]1C(=O)N[C@H](C#N)Cn1cc[nH]c1=O)C2(C)C. The topological polar surface area (TPSA) is 140 Å². The maximum atomic E-state index is 13.5. The van der Waals surface area contributed by atoms with Crippen LogP contribution in [0.1, 0.15) is 34.6 Å². The second-order valence-electron chi connectivity index (χ2n) is 10.8. The van der Waals surface area contributed by atoms with Crippen LogP contribution in [0.2, 0.25) is 0 Å². The number of likely N-dealkylation sites (tertiary alicyclic amines) is 1. The van der Waals surface area contributed by atoms with Gasteiger partial charge in [-0.15, -0.1) is 0 Å². The zero-order valence-corrected chi connectivity index (χ0v) is 20.1. The Bertz CT molecular complexity index is 1110. The number of fused-ring (bicyclic) bond motifs is 1. The van der Waals surface area contributed by atoms with E-state index in [0.29, 0.717) is 0 Å². The first kappa shape index (κ1) is 26.3. The van der Waals surface area contributed by atoms with Crippen molar-refractivity contribution < 1.29 is 27.6 Å². The molecule has 13 heteroatoms. The molecule has 0 aromatic carbocycles. The molecule has 10 nitrogen and oxygen atoms in total. The highest BCUT2D eigenvalue weighted by Gasteiger charge is 2.70. The number of rotatable bonds is 6. The van der Waals surface area contributed by atoms with E-state index in [2.05, 4.69) is 10.3 Å². The molecule has 5 atom stereocenters. The number of aromatic nitrogens is 2. The molecule has 1 saturated carbocycles. The fourth-order valence-corrected chi connectivity index (χ4v) is 4.91. The Labute approximate surface area is 199 Å². The number of H-pyrrole nitrogens is 1. The molecule has 3 rings (SSSR count). The van der Waals surface area contributed by atoms with Crippen LogP contribution in [0.5, 0.6) is 0 Å². The summed E-state index contributed by atoms with van der Waals surface area (Å²) in [5.41, 5.74) is -1.83. The number of carbonyl (C=O) groups is 3. The second-order valence-corrected chi connectivity index (χ2v) is 10.8. The van der Waals surface area contributed by atoms with Crippen molar-refractivity contribution in [1.29, 1.82) is 5.26 Å². The summed E-state index contributed by atoms with van der Waals surface area (Å²) in [5, 5.41) is 13.9. The minimum absolute atomic E-state index is 0.0611. The van der Waals surface area contributed by atoms with Gasteiger partial charge in [-0.1, -0.05) is 34.6 Å². The molecule has 0 spiro atoms. The summed E-state index contributed by atoms with van der Waals surface area (Å²) in [6.07, 6.45) is -2.37. The van der Waals surface area contributed by atoms with Crippen LogP contribution >= 0.6 is 0 Å². The van der Waals surface area contributed by atoms with Gasteiger partial charge in [0.2, 0.25) is 11.8 Å². The van der Waals surface area contributed by atoms with Crippen molar-refractivity contribution in [1.82, 2.24) is 25.1 Å². The molecule has 1 aliphatic carbocycles. The third-order valence-electron chi connectivity index (χ3n) is 6.98. The third kappa shape index (κ3) is 5.06. The molecule has 35 heavy (non-hydrogen) atoms. The molecular formula is C22H29F3N6O4. The number of amides is 3. The monoisotopic (exact) mass is 498 g/mol. The zero-order valence-electron chi connectivity index (χ0n) is 20.1. The molecule has 192 valence electrons. The summed E-state index contributed by atoms with van der Waals surface area (Å²) in [7, 11) is 0. The number of imidazole rings is 1. The van der Waals surface area contributed by atoms with Crippen LogP contribution in [0.3, 0.4) is 0 Å². The number of hydrogen-bond donors (Lipinski definition) is 3. The van der Waals surface area contributed by atoms with Crippen molar-refractivity contribution in [3.8, 4) is 6.07 Å². The van der Waals surface area contributed by atoms with Crippen LogP contribution in [0.4, 0.5) is 13.2 Å². The van der Waals surface area contributed by atoms with Gasteiger partial charge in [-0.2, -0.15) is 18.4 Å². The Morgan fingerprint density at radius 2 is 1.89 bits per heavy atom. The second kappa shape index (κ2) is 8.73. The molecule has 2 aliphatic rings. The van der Waals surface area contributed by atoms with E-state index in [0.717, 1.165) is 0 Å². The number of nitriles is 1. The zero-order chi connectivity index (χ0) is 26.5. The molecular weight excluding hydrogens is 469 g/mol. The van der Waals surface area contributed by atoms with Gasteiger partial charge in [-0.05, 0) is 22.7 Å². The van der Waals surface area contributed by atoms with E-state index in [9.17, 15) is 37.6 Å². The van der Waals surface area contributed by atoms with Gasteiger partial charge in [0.1, 0.15) is 18.1 Å². The smallest absolute Gasteiger partial charge is 0.337 e. The Hall–Kier alpha value is -3.30. The normalized spacial score (nSPS) is 24.7. The fraction of sp³-hybridized carbons (Fsp3) is 0.682. The van der Waals surface area contributed by atoms with E-state index in [4.69, 9.17) is 0 Å². The lowest BCUT2D eigenvalue weighted by Crippen LogP contribution is -2.61. The first-order valence-corrected chi connectivity index (χ1v) is 11.1. The lowest BCUT2D eigenvalue weighted by atomic mass is 9.85. The van der Waals surface area contributed by atoms with Crippen molar-refractivity contribution in [3.63, 3.8) is 0 Å². The van der Waals surface area contributed by atoms with Crippen LogP contribution in [0.15, 0.2) is 17.2 Å². The number of piperidine rings is 1. The third-order valence-corrected chi connectivity index (χ3v) is 6.98. The highest BCUT2D eigenvalue weighted by atomic mass is 19.4. The Morgan fingerprint density at radius 1 is 1.26 bits per heavy atom. The number of hydrogen-bond acceptors (Lipinski definition) is 5. The van der Waals surface area contributed by atoms with Crippen molar-refractivity contribution in [2.45, 2.75) is 65.5 Å². The summed E-state index contributed by atoms with van der Waals surface area (Å²) >= 11 is 0. The van der Waals surface area contributed by atoms with Gasteiger partial charge in [0, 0.05) is 18.9 Å². The molecule has 2 heterocycles. The number of halogens is 3. The van der Waals surface area contributed by atoms with Gasteiger partial charge in [-0.3, -0.25) is 19.0 Å². The maximum absolute atomic E-state index is 13.5. The molecule has 1 aromatic rings. The first-order chi connectivity index (χ1) is 16.0. The molecule has 2 fully saturated rings. The van der Waals surface area contributed by atoms with Crippen LogP contribution < -0.4 is 16.3 Å². The van der Waals surface area contributed by atoms with E-state index in [1.165, 1.54) is 42.6 Å². The number of nitrogens with zero attached hydrogens (tertiary/aromatic N) is 3. The van der Waals surface area contributed by atoms with Crippen LogP contribution in [-0.2, 0) is 20.9 Å². The number of nitrogens with one attached hydrogen (secondary N) is 3. The summed E-state index contributed by atoms with van der Waals surface area (Å²) in [5.74, 6) is -4.00. The molecule has 0 bridgehead atoms. The minimum Gasteiger partial charge on any atom is -0.337 e. The predicted molar refractivity (Wildman–Crippen MR) is 116 cm³/mol. The first-order valence-electron chi connectivity index (χ1n) is 11.1. The average molecular weight is 499 g/mol. The molecule has 3 amide bonds. The van der Waals surface area contributed by atoms with Crippen molar-refractivity contribution >= 4 is 17.7 Å². The molecule has 0 radical (unpaired) electrons. The Balaban J connectivity index is 1.84. The Kier molecular flexibility index (Phi) is 6.56. The molecule has 1 saturated heterocycles. The van der Waals surface area contributed by atoms with E-state index in [-0.39, 0.29) is 30.3 Å². The van der Waals surface area contributed by atoms with Gasteiger partial charge in [0.15, 0.2) is 0 Å². The molecule has 1 aromatic heterocycles. The lowest BCUT2D eigenvalue weighted by Gasteiger charge is -2.37. The highest BCUT2D eigenvalue weighted by Crippen LogP contribution is 2.65. The number of aromatic amines is 1. The summed E-state index contributed by atoms with van der Waals surface area (Å²) < 4.78 is 40.0. The van der Waals surface area contributed by atoms with Crippen molar-refractivity contribution in [3.05, 3.63) is 22.9 Å². The summed E-state index contributed by atoms with van der Waals surface area (Å²) in [6, 6.07) is -1.74. The number of carbonyl (C=O) groups excluding carboxylic acids is 3. The molecule has 0 unspecified atom stereocenters. The highest BCUT2D eigenvalue weighted by molar-refractivity contribution is 5.95. The minimum atomic E-state index is -5.17. The van der Waals surface area contributed by atoms with E-state index >= 15 is 0 Å². The largest absolute Gasteiger partial charge is 0.471 e. The van der Waals surface area contributed by atoms with Crippen molar-refractivity contribution in [2.24, 2.45) is 22.7 Å². The van der Waals surface area contributed by atoms with E-state index in [1.807, 2.05) is 19.9 Å². The summed E-state index contributed by atoms with van der Waals surface area (Å²) in [4.78, 5) is 53.8. The van der Waals surface area contributed by atoms with Crippen LogP contribution in [0.25, 0.3) is 0 Å².